The number of hydrogen-bond donors (Lipinski definition) is 2. The van der Waals surface area contributed by atoms with Crippen LogP contribution >= 0.6 is 11.8 Å². The minimum Gasteiger partial charge on any atom is -0.376 e. The number of thioether (sulfide) groups is 1. The van der Waals surface area contributed by atoms with Gasteiger partial charge < -0.3 is 15.0 Å². The zero-order chi connectivity index (χ0) is 18.5. The highest BCUT2D eigenvalue weighted by Gasteiger charge is 2.26. The third kappa shape index (κ3) is 4.02. The molecular formula is C18H23N3O4S. The van der Waals surface area contributed by atoms with E-state index in [1.807, 2.05) is 6.26 Å². The first-order chi connectivity index (χ1) is 12.6. The van der Waals surface area contributed by atoms with Crippen molar-refractivity contribution in [1.29, 1.82) is 0 Å². The van der Waals surface area contributed by atoms with Gasteiger partial charge in [0.05, 0.1) is 17.0 Å². The summed E-state index contributed by atoms with van der Waals surface area (Å²) in [5.74, 6) is 0.342. The Balaban J connectivity index is 1.91. The van der Waals surface area contributed by atoms with Gasteiger partial charge in [0.15, 0.2) is 0 Å². The van der Waals surface area contributed by atoms with Gasteiger partial charge >= 0.3 is 5.69 Å². The number of carbonyl (C=O) groups is 1. The van der Waals surface area contributed by atoms with E-state index in [4.69, 9.17) is 4.74 Å². The summed E-state index contributed by atoms with van der Waals surface area (Å²) in [5, 5.41) is 3.25. The van der Waals surface area contributed by atoms with Crippen molar-refractivity contribution in [3.05, 3.63) is 45.1 Å². The molecule has 1 aromatic carbocycles. The van der Waals surface area contributed by atoms with Crippen LogP contribution in [0.2, 0.25) is 0 Å². The molecule has 3 rings (SSSR count). The molecule has 1 aliphatic rings. The Morgan fingerprint density at radius 1 is 1.42 bits per heavy atom. The molecule has 0 saturated carbocycles. The molecule has 0 radical (unpaired) electrons. The summed E-state index contributed by atoms with van der Waals surface area (Å²) in [5.41, 5.74) is -0.531. The number of ether oxygens (including phenoxy) is 1. The van der Waals surface area contributed by atoms with Gasteiger partial charge in [-0.3, -0.25) is 9.59 Å². The number of H-pyrrole nitrogens is 1. The molecule has 2 atom stereocenters. The highest BCUT2D eigenvalue weighted by molar-refractivity contribution is 7.98. The summed E-state index contributed by atoms with van der Waals surface area (Å²) in [6.45, 7) is 1.11. The van der Waals surface area contributed by atoms with Crippen LogP contribution in [0.3, 0.4) is 0 Å². The second kappa shape index (κ2) is 8.55. The average molecular weight is 377 g/mol. The predicted molar refractivity (Wildman–Crippen MR) is 103 cm³/mol. The maximum Gasteiger partial charge on any atom is 0.329 e. The Morgan fingerprint density at radius 2 is 2.23 bits per heavy atom. The highest BCUT2D eigenvalue weighted by atomic mass is 32.2. The molecular weight excluding hydrogens is 354 g/mol. The Morgan fingerprint density at radius 3 is 2.96 bits per heavy atom. The quantitative estimate of drug-likeness (QED) is 0.758. The van der Waals surface area contributed by atoms with E-state index in [-0.39, 0.29) is 12.0 Å². The number of benzene rings is 1. The van der Waals surface area contributed by atoms with Crippen LogP contribution in [0.5, 0.6) is 0 Å². The molecule has 2 heterocycles. The van der Waals surface area contributed by atoms with Crippen molar-refractivity contribution in [3.63, 3.8) is 0 Å². The maximum absolute atomic E-state index is 12.9. The van der Waals surface area contributed by atoms with E-state index in [0.29, 0.717) is 36.2 Å². The van der Waals surface area contributed by atoms with E-state index in [0.717, 1.165) is 17.4 Å². The Kier molecular flexibility index (Phi) is 6.16. The number of nitrogens with one attached hydrogen (secondary N) is 2. The molecule has 7 nitrogen and oxygen atoms in total. The van der Waals surface area contributed by atoms with E-state index in [9.17, 15) is 14.4 Å². The fourth-order valence-corrected chi connectivity index (χ4v) is 3.66. The number of amides is 1. The molecule has 0 spiro atoms. The second-order valence-electron chi connectivity index (χ2n) is 6.33. The molecule has 1 fully saturated rings. The topological polar surface area (TPSA) is 93.2 Å². The molecule has 2 aromatic rings. The summed E-state index contributed by atoms with van der Waals surface area (Å²) >= 11 is 1.57. The van der Waals surface area contributed by atoms with Gasteiger partial charge in [-0.15, -0.1) is 0 Å². The molecule has 1 saturated heterocycles. The first kappa shape index (κ1) is 18.7. The zero-order valence-electron chi connectivity index (χ0n) is 14.7. The molecule has 8 heteroatoms. The van der Waals surface area contributed by atoms with Gasteiger partial charge in [0.25, 0.3) is 5.56 Å². The summed E-state index contributed by atoms with van der Waals surface area (Å²) in [6, 6.07) is 5.98. The lowest BCUT2D eigenvalue weighted by molar-refractivity contribution is -0.125. The molecule has 140 valence electrons. The normalized spacial score (nSPS) is 18.1. The van der Waals surface area contributed by atoms with Crippen molar-refractivity contribution >= 4 is 28.6 Å². The molecule has 1 aliphatic heterocycles. The molecule has 2 N–H and O–H groups in total. The van der Waals surface area contributed by atoms with Gasteiger partial charge in [-0.25, -0.2) is 9.36 Å². The van der Waals surface area contributed by atoms with Crippen LogP contribution in [-0.2, 0) is 9.53 Å². The predicted octanol–water partition coefficient (Wildman–Crippen LogP) is 1.28. The average Bonchev–Trinajstić information content (AvgIpc) is 3.16. The summed E-state index contributed by atoms with van der Waals surface area (Å²) in [4.78, 5) is 40.8. The summed E-state index contributed by atoms with van der Waals surface area (Å²) < 4.78 is 6.56. The van der Waals surface area contributed by atoms with E-state index >= 15 is 0 Å². The van der Waals surface area contributed by atoms with Crippen molar-refractivity contribution in [2.75, 3.05) is 25.2 Å². The number of fused-ring (bicyclic) bond motifs is 1. The number of aromatic amines is 1. The van der Waals surface area contributed by atoms with Gasteiger partial charge in [-0.05, 0) is 43.4 Å². The number of carbonyl (C=O) groups excluding carboxylic acids is 1. The third-order valence-electron chi connectivity index (χ3n) is 4.57. The Hall–Kier alpha value is -2.06. The van der Waals surface area contributed by atoms with Crippen LogP contribution in [0.4, 0.5) is 0 Å². The molecule has 26 heavy (non-hydrogen) atoms. The van der Waals surface area contributed by atoms with E-state index < -0.39 is 17.3 Å². The number of rotatable bonds is 7. The number of hydrogen-bond acceptors (Lipinski definition) is 5. The lowest BCUT2D eigenvalue weighted by Crippen LogP contribution is -2.46. The van der Waals surface area contributed by atoms with Crippen molar-refractivity contribution < 1.29 is 9.53 Å². The maximum atomic E-state index is 12.9. The SMILES string of the molecule is CSCCC(C(=O)NCC1CCCO1)n1c(=O)[nH]c2ccccc2c1=O. The van der Waals surface area contributed by atoms with Crippen molar-refractivity contribution in [3.8, 4) is 0 Å². The Labute approximate surface area is 155 Å². The van der Waals surface area contributed by atoms with Gasteiger partial charge in [-0.1, -0.05) is 12.1 Å². The largest absolute Gasteiger partial charge is 0.376 e. The van der Waals surface area contributed by atoms with Crippen LogP contribution in [0.1, 0.15) is 25.3 Å². The molecule has 1 amide bonds. The number of para-hydroxylation sites is 1. The van der Waals surface area contributed by atoms with E-state index in [1.165, 1.54) is 0 Å². The minimum atomic E-state index is -0.843. The molecule has 1 aromatic heterocycles. The van der Waals surface area contributed by atoms with Crippen molar-refractivity contribution in [1.82, 2.24) is 14.9 Å². The first-order valence-electron chi connectivity index (χ1n) is 8.73. The summed E-state index contributed by atoms with van der Waals surface area (Å²) in [7, 11) is 0. The van der Waals surface area contributed by atoms with E-state index in [2.05, 4.69) is 10.3 Å². The van der Waals surface area contributed by atoms with Gasteiger partial charge in [-0.2, -0.15) is 11.8 Å². The highest BCUT2D eigenvalue weighted by Crippen LogP contribution is 2.15. The van der Waals surface area contributed by atoms with Crippen LogP contribution in [-0.4, -0.2) is 46.7 Å². The lowest BCUT2D eigenvalue weighted by atomic mass is 10.1. The molecule has 0 bridgehead atoms. The van der Waals surface area contributed by atoms with Crippen molar-refractivity contribution in [2.24, 2.45) is 0 Å². The molecule has 0 aliphatic carbocycles. The van der Waals surface area contributed by atoms with Crippen LogP contribution in [0.15, 0.2) is 33.9 Å². The smallest absolute Gasteiger partial charge is 0.329 e. The van der Waals surface area contributed by atoms with Gasteiger partial charge in [0.1, 0.15) is 6.04 Å². The van der Waals surface area contributed by atoms with Gasteiger partial charge in [0.2, 0.25) is 5.91 Å². The third-order valence-corrected chi connectivity index (χ3v) is 5.22. The fourth-order valence-electron chi connectivity index (χ4n) is 3.20. The second-order valence-corrected chi connectivity index (χ2v) is 7.31. The van der Waals surface area contributed by atoms with E-state index in [1.54, 1.807) is 36.0 Å². The van der Waals surface area contributed by atoms with Gasteiger partial charge in [0, 0.05) is 13.2 Å². The van der Waals surface area contributed by atoms with Crippen LogP contribution < -0.4 is 16.6 Å². The first-order valence-corrected chi connectivity index (χ1v) is 10.1. The monoisotopic (exact) mass is 377 g/mol. The van der Waals surface area contributed by atoms with Crippen molar-refractivity contribution in [2.45, 2.75) is 31.4 Å². The fraction of sp³-hybridized carbons (Fsp3) is 0.500. The Bertz CT molecular complexity index is 886. The van der Waals surface area contributed by atoms with Crippen LogP contribution in [0, 0.1) is 0 Å². The summed E-state index contributed by atoms with van der Waals surface area (Å²) in [6.07, 6.45) is 4.23. The number of nitrogens with zero attached hydrogens (tertiary/aromatic N) is 1. The van der Waals surface area contributed by atoms with Crippen LogP contribution in [0.25, 0.3) is 10.9 Å². The standard InChI is InChI=1S/C18H23N3O4S/c1-26-10-8-15(16(22)19-11-12-5-4-9-25-12)21-17(23)13-6-2-3-7-14(13)20-18(21)24/h2-3,6-7,12,15H,4-5,8-11H2,1H3,(H,19,22)(H,20,24). The lowest BCUT2D eigenvalue weighted by Gasteiger charge is -2.20. The minimum absolute atomic E-state index is 0.00626. The zero-order valence-corrected chi connectivity index (χ0v) is 15.5. The number of aromatic nitrogens is 2. The molecule has 2 unspecified atom stereocenters.